The fourth-order valence-electron chi connectivity index (χ4n) is 2.38. The Labute approximate surface area is 129 Å². The molecule has 1 fully saturated rings. The summed E-state index contributed by atoms with van der Waals surface area (Å²) in [6.07, 6.45) is -0.687. The molecule has 1 heterocycles. The van der Waals surface area contributed by atoms with E-state index in [0.717, 1.165) is 5.56 Å². The van der Waals surface area contributed by atoms with Gasteiger partial charge < -0.3 is 9.47 Å². The van der Waals surface area contributed by atoms with Gasteiger partial charge in [0.1, 0.15) is 6.10 Å². The van der Waals surface area contributed by atoms with Crippen molar-refractivity contribution < 1.29 is 14.3 Å². The first-order valence-corrected chi connectivity index (χ1v) is 7.31. The first kappa shape index (κ1) is 16.0. The van der Waals surface area contributed by atoms with Gasteiger partial charge >= 0.3 is 0 Å². The molecular weight excluding hydrogens is 290 g/mol. The third-order valence-electron chi connectivity index (χ3n) is 4.13. The summed E-state index contributed by atoms with van der Waals surface area (Å²) in [4.78, 5) is 12.7. The van der Waals surface area contributed by atoms with E-state index in [1.54, 1.807) is 31.2 Å². The number of Topliss-reactive ketones (excluding diaryl/α,β-unsaturated/α-hetero) is 1. The van der Waals surface area contributed by atoms with Gasteiger partial charge in [0.25, 0.3) is 0 Å². The van der Waals surface area contributed by atoms with Crippen molar-refractivity contribution >= 4 is 17.4 Å². The monoisotopic (exact) mass is 307 g/mol. The van der Waals surface area contributed by atoms with Gasteiger partial charge in [-0.05, 0) is 38.5 Å². The van der Waals surface area contributed by atoms with Crippen molar-refractivity contribution in [2.45, 2.75) is 32.7 Å². The zero-order valence-electron chi connectivity index (χ0n) is 12.4. The van der Waals surface area contributed by atoms with E-state index in [4.69, 9.17) is 26.3 Å². The smallest absolute Gasteiger partial charge is 0.178 e. The Kier molecular flexibility index (Phi) is 4.38. The minimum Gasteiger partial charge on any atom is -0.348 e. The topological polar surface area (TPSA) is 59.3 Å². The van der Waals surface area contributed by atoms with E-state index >= 15 is 0 Å². The largest absolute Gasteiger partial charge is 0.348 e. The number of halogens is 1. The molecule has 1 aromatic carbocycles. The lowest BCUT2D eigenvalue weighted by Crippen LogP contribution is -2.44. The number of ether oxygens (including phenoxy) is 2. The molecule has 1 aromatic rings. The number of carbonyl (C=O) groups is 1. The summed E-state index contributed by atoms with van der Waals surface area (Å²) >= 11 is 5.66. The Hall–Kier alpha value is -1.41. The zero-order valence-corrected chi connectivity index (χ0v) is 13.1. The quantitative estimate of drug-likeness (QED) is 0.802. The van der Waals surface area contributed by atoms with Crippen molar-refractivity contribution in [1.29, 1.82) is 5.26 Å². The van der Waals surface area contributed by atoms with E-state index in [0.29, 0.717) is 18.1 Å². The predicted octanol–water partition coefficient (Wildman–Crippen LogP) is 3.20. The molecule has 0 N–H and O–H groups in total. The number of hydrogen-bond donors (Lipinski definition) is 0. The Morgan fingerprint density at radius 1 is 1.33 bits per heavy atom. The molecule has 1 aliphatic rings. The van der Waals surface area contributed by atoms with E-state index in [1.165, 1.54) is 0 Å². The number of nitrogens with zero attached hydrogens (tertiary/aromatic N) is 1. The third kappa shape index (κ3) is 2.69. The van der Waals surface area contributed by atoms with Crippen LogP contribution >= 0.6 is 11.6 Å². The van der Waals surface area contributed by atoms with Crippen molar-refractivity contribution in [1.82, 2.24) is 0 Å². The molecule has 1 saturated heterocycles. The van der Waals surface area contributed by atoms with Crippen molar-refractivity contribution in [3.8, 4) is 6.07 Å². The number of rotatable bonds is 4. The van der Waals surface area contributed by atoms with E-state index in [2.05, 4.69) is 6.07 Å². The van der Waals surface area contributed by atoms with Crippen LogP contribution in [0.15, 0.2) is 24.3 Å². The van der Waals surface area contributed by atoms with Crippen LogP contribution in [0, 0.1) is 16.7 Å². The number of benzene rings is 1. The fourth-order valence-corrected chi connectivity index (χ4v) is 2.45. The lowest BCUT2D eigenvalue weighted by atomic mass is 9.80. The summed E-state index contributed by atoms with van der Waals surface area (Å²) in [5, 5.41) is 8.83. The van der Waals surface area contributed by atoms with Crippen molar-refractivity contribution in [3.05, 3.63) is 35.4 Å². The Morgan fingerprint density at radius 3 is 2.48 bits per heavy atom. The summed E-state index contributed by atoms with van der Waals surface area (Å²) in [5.41, 5.74) is 0.493. The molecule has 2 rings (SSSR count). The van der Waals surface area contributed by atoms with Crippen molar-refractivity contribution in [2.75, 3.05) is 12.5 Å². The van der Waals surface area contributed by atoms with Crippen molar-refractivity contribution in [3.63, 3.8) is 0 Å². The molecule has 0 saturated carbocycles. The van der Waals surface area contributed by atoms with Crippen LogP contribution in [0.1, 0.15) is 38.0 Å². The van der Waals surface area contributed by atoms with Crippen LogP contribution in [0.2, 0.25) is 0 Å². The summed E-state index contributed by atoms with van der Waals surface area (Å²) in [6, 6.07) is 8.88. The Morgan fingerprint density at radius 2 is 1.95 bits per heavy atom. The van der Waals surface area contributed by atoms with Crippen LogP contribution in [-0.2, 0) is 14.3 Å². The van der Waals surface area contributed by atoms with Gasteiger partial charge in [0, 0.05) is 5.88 Å². The van der Waals surface area contributed by atoms with E-state index in [1.807, 2.05) is 13.8 Å². The first-order valence-electron chi connectivity index (χ1n) is 6.78. The highest BCUT2D eigenvalue weighted by molar-refractivity contribution is 6.17. The molecule has 0 bridgehead atoms. The van der Waals surface area contributed by atoms with Gasteiger partial charge in [-0.2, -0.15) is 5.26 Å². The summed E-state index contributed by atoms with van der Waals surface area (Å²) in [6.45, 7) is 5.70. The number of ketones is 1. The standard InChI is InChI=1S/C16H18ClNO3/c1-15(2)14(19)13(21-16(15,3)20-9-8-17)12-6-4-11(10-18)5-7-12/h4-7,13H,8-9H2,1-3H3. The molecule has 0 aromatic heterocycles. The number of nitriles is 1. The van der Waals surface area contributed by atoms with Crippen LogP contribution in [0.5, 0.6) is 0 Å². The maximum absolute atomic E-state index is 12.7. The average molecular weight is 308 g/mol. The maximum atomic E-state index is 12.7. The van der Waals surface area contributed by atoms with Crippen LogP contribution in [0.4, 0.5) is 0 Å². The minimum atomic E-state index is -1.02. The van der Waals surface area contributed by atoms with Gasteiger partial charge in [0.05, 0.1) is 23.7 Å². The van der Waals surface area contributed by atoms with Gasteiger partial charge in [-0.25, -0.2) is 0 Å². The van der Waals surface area contributed by atoms with Crippen molar-refractivity contribution in [2.24, 2.45) is 5.41 Å². The molecule has 2 atom stereocenters. The molecule has 0 spiro atoms. The number of alkyl halides is 1. The van der Waals surface area contributed by atoms with Crippen LogP contribution < -0.4 is 0 Å². The second-order valence-electron chi connectivity index (χ2n) is 5.70. The SMILES string of the molecule is CC1(OCCCl)OC(c2ccc(C#N)cc2)C(=O)C1(C)C. The molecule has 0 radical (unpaired) electrons. The molecule has 4 nitrogen and oxygen atoms in total. The van der Waals surface area contributed by atoms with Gasteiger partial charge in [-0.15, -0.1) is 11.6 Å². The Bertz CT molecular complexity index is 576. The molecule has 0 amide bonds. The highest BCUT2D eigenvalue weighted by atomic mass is 35.5. The van der Waals surface area contributed by atoms with E-state index < -0.39 is 17.3 Å². The Balaban J connectivity index is 2.30. The summed E-state index contributed by atoms with van der Waals surface area (Å²) in [7, 11) is 0. The molecule has 1 aliphatic heterocycles. The molecule has 0 aliphatic carbocycles. The lowest BCUT2D eigenvalue weighted by molar-refractivity contribution is -0.250. The molecule has 112 valence electrons. The predicted molar refractivity (Wildman–Crippen MR) is 78.8 cm³/mol. The lowest BCUT2D eigenvalue weighted by Gasteiger charge is -2.34. The highest BCUT2D eigenvalue weighted by Crippen LogP contribution is 2.49. The summed E-state index contributed by atoms with van der Waals surface area (Å²) in [5.74, 6) is -0.716. The van der Waals surface area contributed by atoms with Gasteiger partial charge in [-0.3, -0.25) is 4.79 Å². The van der Waals surface area contributed by atoms with E-state index in [9.17, 15) is 4.79 Å². The third-order valence-corrected chi connectivity index (χ3v) is 4.28. The molecule has 2 unspecified atom stereocenters. The number of hydrogen-bond acceptors (Lipinski definition) is 4. The number of carbonyl (C=O) groups excluding carboxylic acids is 1. The second-order valence-corrected chi connectivity index (χ2v) is 6.08. The normalized spacial score (nSPS) is 27.6. The van der Waals surface area contributed by atoms with Gasteiger partial charge in [0.2, 0.25) is 0 Å². The minimum absolute atomic E-state index is 0.0377. The zero-order chi connectivity index (χ0) is 15.7. The average Bonchev–Trinajstić information content (AvgIpc) is 2.66. The van der Waals surface area contributed by atoms with E-state index in [-0.39, 0.29) is 5.78 Å². The van der Waals surface area contributed by atoms with Crippen LogP contribution in [0.3, 0.4) is 0 Å². The van der Waals surface area contributed by atoms with Crippen LogP contribution in [-0.4, -0.2) is 24.1 Å². The highest BCUT2D eigenvalue weighted by Gasteiger charge is 2.59. The fraction of sp³-hybridized carbons (Fsp3) is 0.500. The molecule has 5 heteroatoms. The molecular formula is C16H18ClNO3. The van der Waals surface area contributed by atoms with Gasteiger partial charge in [0.15, 0.2) is 11.6 Å². The first-order chi connectivity index (χ1) is 9.85. The maximum Gasteiger partial charge on any atom is 0.178 e. The molecule has 21 heavy (non-hydrogen) atoms. The summed E-state index contributed by atoms with van der Waals surface area (Å²) < 4.78 is 11.6. The van der Waals surface area contributed by atoms with Crippen LogP contribution in [0.25, 0.3) is 0 Å². The second kappa shape index (κ2) is 5.76. The van der Waals surface area contributed by atoms with Gasteiger partial charge in [-0.1, -0.05) is 12.1 Å².